The number of amides is 1. The average molecular weight is 265 g/mol. The number of carbonyl (C=O) groups is 2. The average Bonchev–Trinajstić information content (AvgIpc) is 2.21. The Morgan fingerprint density at radius 2 is 1.94 bits per heavy atom. The molecule has 1 aliphatic rings. The Morgan fingerprint density at radius 1 is 1.31 bits per heavy atom. The molecule has 2 N–H and O–H groups in total. The lowest BCUT2D eigenvalue weighted by molar-refractivity contribution is -0.133. The normalized spacial score (nSPS) is 25.0. The van der Waals surface area contributed by atoms with Gasteiger partial charge in [-0.3, -0.25) is 13.8 Å². The van der Waals surface area contributed by atoms with Crippen molar-refractivity contribution in [3.05, 3.63) is 0 Å². The first-order valence-corrected chi connectivity index (χ1v) is 7.66. The molecule has 0 bridgehead atoms. The highest BCUT2D eigenvalue weighted by molar-refractivity contribution is 8.00. The summed E-state index contributed by atoms with van der Waals surface area (Å²) >= 11 is 1.09. The molecule has 0 aromatic heterocycles. The van der Waals surface area contributed by atoms with Gasteiger partial charge in [-0.1, -0.05) is 0 Å². The molecular weight excluding hydrogens is 250 g/mol. The third kappa shape index (κ3) is 5.50. The third-order valence-corrected chi connectivity index (χ3v) is 4.51. The second-order valence-corrected chi connectivity index (χ2v) is 6.26. The first kappa shape index (κ1) is 13.5. The maximum atomic E-state index is 11.4. The Bertz CT molecular complexity index is 285. The van der Waals surface area contributed by atoms with Gasteiger partial charge in [-0.15, -0.1) is 11.8 Å². The molecule has 1 heterocycles. The van der Waals surface area contributed by atoms with Crippen molar-refractivity contribution in [1.82, 2.24) is 5.32 Å². The minimum Gasteiger partial charge on any atom is -0.481 e. The first-order valence-electron chi connectivity index (χ1n) is 5.02. The highest BCUT2D eigenvalue weighted by Gasteiger charge is 2.19. The van der Waals surface area contributed by atoms with E-state index in [1.54, 1.807) is 0 Å². The van der Waals surface area contributed by atoms with Crippen LogP contribution in [0.3, 0.4) is 0 Å². The summed E-state index contributed by atoms with van der Waals surface area (Å²) in [7, 11) is -0.721. The molecule has 16 heavy (non-hydrogen) atoms. The van der Waals surface area contributed by atoms with Crippen LogP contribution in [0.15, 0.2) is 0 Å². The molecule has 1 rings (SSSR count). The van der Waals surface area contributed by atoms with Crippen molar-refractivity contribution in [1.29, 1.82) is 0 Å². The first-order chi connectivity index (χ1) is 7.58. The molecular formula is C9H15NO4S2. The third-order valence-electron chi connectivity index (χ3n) is 2.21. The number of hydrogen-bond donors (Lipinski definition) is 2. The summed E-state index contributed by atoms with van der Waals surface area (Å²) in [5.74, 6) is 0.365. The number of nitrogens with one attached hydrogen (secondary N) is 1. The van der Waals surface area contributed by atoms with Crippen LogP contribution in [0.1, 0.15) is 12.8 Å². The van der Waals surface area contributed by atoms with E-state index in [9.17, 15) is 13.8 Å². The lowest BCUT2D eigenvalue weighted by Gasteiger charge is -2.22. The van der Waals surface area contributed by atoms with Crippen LogP contribution >= 0.6 is 11.8 Å². The van der Waals surface area contributed by atoms with Gasteiger partial charge in [-0.2, -0.15) is 0 Å². The summed E-state index contributed by atoms with van der Waals surface area (Å²) in [6.07, 6.45) is 1.50. The monoisotopic (exact) mass is 265 g/mol. The predicted molar refractivity (Wildman–Crippen MR) is 64.0 cm³/mol. The molecule has 0 saturated carbocycles. The smallest absolute Gasteiger partial charge is 0.313 e. The van der Waals surface area contributed by atoms with Gasteiger partial charge in [0.05, 0.1) is 11.5 Å². The number of carboxylic acids is 1. The summed E-state index contributed by atoms with van der Waals surface area (Å²) in [5, 5.41) is 11.2. The second kappa shape index (κ2) is 6.90. The van der Waals surface area contributed by atoms with Gasteiger partial charge in [0.2, 0.25) is 5.91 Å². The van der Waals surface area contributed by atoms with Gasteiger partial charge in [-0.25, -0.2) is 0 Å². The zero-order valence-electron chi connectivity index (χ0n) is 8.81. The summed E-state index contributed by atoms with van der Waals surface area (Å²) in [6, 6.07) is 0.107. The quantitative estimate of drug-likeness (QED) is 0.721. The van der Waals surface area contributed by atoms with E-state index in [1.165, 1.54) is 0 Å². The molecule has 92 valence electrons. The molecule has 0 aromatic rings. The van der Waals surface area contributed by atoms with E-state index >= 15 is 0 Å². The molecule has 1 aliphatic heterocycles. The summed E-state index contributed by atoms with van der Waals surface area (Å²) in [6.45, 7) is 0. The van der Waals surface area contributed by atoms with Gasteiger partial charge >= 0.3 is 5.97 Å². The van der Waals surface area contributed by atoms with Crippen molar-refractivity contribution in [3.8, 4) is 0 Å². The lowest BCUT2D eigenvalue weighted by atomic mass is 10.1. The van der Waals surface area contributed by atoms with Crippen molar-refractivity contribution < 1.29 is 18.9 Å². The van der Waals surface area contributed by atoms with E-state index in [4.69, 9.17) is 5.11 Å². The minimum absolute atomic E-state index is 0.0535. The summed E-state index contributed by atoms with van der Waals surface area (Å²) < 4.78 is 11.1. The number of thioether (sulfide) groups is 1. The van der Waals surface area contributed by atoms with Crippen LogP contribution in [-0.2, 0) is 20.4 Å². The fourth-order valence-electron chi connectivity index (χ4n) is 1.44. The van der Waals surface area contributed by atoms with Crippen molar-refractivity contribution in [3.63, 3.8) is 0 Å². The molecule has 0 unspecified atom stereocenters. The summed E-state index contributed by atoms with van der Waals surface area (Å²) in [5.41, 5.74) is 0. The zero-order chi connectivity index (χ0) is 12.0. The largest absolute Gasteiger partial charge is 0.481 e. The molecule has 0 atom stereocenters. The fraction of sp³-hybridized carbons (Fsp3) is 0.778. The zero-order valence-corrected chi connectivity index (χ0v) is 10.4. The fourth-order valence-corrected chi connectivity index (χ4v) is 3.28. The topological polar surface area (TPSA) is 83.5 Å². The Labute approximate surface area is 101 Å². The molecule has 0 aliphatic carbocycles. The molecule has 1 amide bonds. The lowest BCUT2D eigenvalue weighted by Crippen LogP contribution is -2.40. The van der Waals surface area contributed by atoms with Gasteiger partial charge in [-0.05, 0) is 12.8 Å². The molecule has 0 aromatic carbocycles. The van der Waals surface area contributed by atoms with E-state index < -0.39 is 16.8 Å². The van der Waals surface area contributed by atoms with Crippen molar-refractivity contribution >= 4 is 34.4 Å². The van der Waals surface area contributed by atoms with E-state index in [-0.39, 0.29) is 23.5 Å². The van der Waals surface area contributed by atoms with Crippen LogP contribution in [0.25, 0.3) is 0 Å². The number of hydrogen-bond acceptors (Lipinski definition) is 4. The van der Waals surface area contributed by atoms with Gasteiger partial charge < -0.3 is 10.4 Å². The SMILES string of the molecule is O=C(O)CSCC(=O)NC1CCS(=O)CC1. The van der Waals surface area contributed by atoms with E-state index in [1.807, 2.05) is 0 Å². The van der Waals surface area contributed by atoms with Crippen LogP contribution < -0.4 is 5.32 Å². The van der Waals surface area contributed by atoms with Crippen molar-refractivity contribution in [2.24, 2.45) is 0 Å². The number of carbonyl (C=O) groups excluding carboxylic acids is 1. The minimum atomic E-state index is -0.911. The second-order valence-electron chi connectivity index (χ2n) is 3.58. The van der Waals surface area contributed by atoms with Gasteiger partial charge in [0.25, 0.3) is 0 Å². The van der Waals surface area contributed by atoms with Crippen LogP contribution in [0.2, 0.25) is 0 Å². The Morgan fingerprint density at radius 3 is 2.50 bits per heavy atom. The molecule has 1 saturated heterocycles. The molecule has 0 spiro atoms. The van der Waals surface area contributed by atoms with Crippen LogP contribution in [0, 0.1) is 0 Å². The van der Waals surface area contributed by atoms with Crippen LogP contribution in [0.5, 0.6) is 0 Å². The molecule has 5 nitrogen and oxygen atoms in total. The Hall–Kier alpha value is -0.560. The van der Waals surface area contributed by atoms with Gasteiger partial charge in [0.1, 0.15) is 0 Å². The highest BCUT2D eigenvalue weighted by atomic mass is 32.2. The molecule has 1 fully saturated rings. The molecule has 7 heteroatoms. The van der Waals surface area contributed by atoms with E-state index in [0.717, 1.165) is 24.6 Å². The van der Waals surface area contributed by atoms with Crippen LogP contribution in [0.4, 0.5) is 0 Å². The molecule has 0 radical (unpaired) electrons. The van der Waals surface area contributed by atoms with E-state index in [2.05, 4.69) is 5.32 Å². The Kier molecular flexibility index (Phi) is 5.83. The van der Waals surface area contributed by atoms with Crippen LogP contribution in [-0.4, -0.2) is 50.2 Å². The standard InChI is InChI=1S/C9H15NO4S2/c11-8(5-15-6-9(12)13)10-7-1-3-16(14)4-2-7/h7H,1-6H2,(H,10,11)(H,12,13). The predicted octanol–water partition coefficient (Wildman–Crippen LogP) is -0.169. The van der Waals surface area contributed by atoms with Gasteiger partial charge in [0, 0.05) is 28.3 Å². The maximum Gasteiger partial charge on any atom is 0.313 e. The maximum absolute atomic E-state index is 11.4. The van der Waals surface area contributed by atoms with Crippen molar-refractivity contribution in [2.45, 2.75) is 18.9 Å². The van der Waals surface area contributed by atoms with Gasteiger partial charge in [0.15, 0.2) is 0 Å². The number of carboxylic acid groups (broad SMARTS) is 1. The summed E-state index contributed by atoms with van der Waals surface area (Å²) in [4.78, 5) is 21.6. The Balaban J connectivity index is 2.14. The highest BCUT2D eigenvalue weighted by Crippen LogP contribution is 2.09. The van der Waals surface area contributed by atoms with E-state index in [0.29, 0.717) is 11.5 Å². The number of rotatable bonds is 5. The van der Waals surface area contributed by atoms with Crippen molar-refractivity contribution in [2.75, 3.05) is 23.0 Å². The number of aliphatic carboxylic acids is 1.